The van der Waals surface area contributed by atoms with Crippen LogP contribution in [0.1, 0.15) is 25.7 Å². The third kappa shape index (κ3) is 5.44. The lowest BCUT2D eigenvalue weighted by Gasteiger charge is -2.30. The van der Waals surface area contributed by atoms with Crippen molar-refractivity contribution in [2.45, 2.75) is 37.8 Å². The molecule has 1 saturated heterocycles. The molecule has 3 N–H and O–H groups in total. The number of rotatable bonds is 6. The second-order valence-corrected chi connectivity index (χ2v) is 4.60. The minimum atomic E-state index is -0.851. The second-order valence-electron chi connectivity index (χ2n) is 4.60. The number of piperidine rings is 1. The van der Waals surface area contributed by atoms with E-state index in [0.29, 0.717) is 19.0 Å². The molecule has 0 aromatic rings. The highest BCUT2D eigenvalue weighted by molar-refractivity contribution is 5.66. The van der Waals surface area contributed by atoms with Gasteiger partial charge in [-0.15, -0.1) is 0 Å². The molecule has 2 atom stereocenters. The zero-order chi connectivity index (χ0) is 12.0. The first-order chi connectivity index (χ1) is 7.58. The maximum atomic E-state index is 10.3. The Kier molecular flexibility index (Phi) is 5.73. The van der Waals surface area contributed by atoms with Gasteiger partial charge in [0.05, 0.1) is 6.10 Å². The number of likely N-dealkylation sites (N-methyl/N-ethyl adjacent to an activating group) is 1. The van der Waals surface area contributed by atoms with Crippen LogP contribution in [0, 0.1) is 0 Å². The number of aliphatic carboxylic acids is 1. The molecular formula is C11H22N2O3. The number of carboxylic acid groups (broad SMARTS) is 1. The number of hydrogen-bond donors (Lipinski definition) is 3. The Labute approximate surface area is 96.4 Å². The number of carbonyl (C=O) groups is 1. The van der Waals surface area contributed by atoms with E-state index in [0.717, 1.165) is 19.5 Å². The lowest BCUT2D eigenvalue weighted by Crippen LogP contribution is -2.46. The highest BCUT2D eigenvalue weighted by Gasteiger charge is 2.17. The van der Waals surface area contributed by atoms with Crippen LogP contribution >= 0.6 is 0 Å². The van der Waals surface area contributed by atoms with Crippen LogP contribution in [-0.4, -0.2) is 59.9 Å². The molecule has 5 heteroatoms. The van der Waals surface area contributed by atoms with E-state index in [9.17, 15) is 9.90 Å². The van der Waals surface area contributed by atoms with Gasteiger partial charge in [0.2, 0.25) is 0 Å². The van der Waals surface area contributed by atoms with Crippen molar-refractivity contribution in [2.75, 3.05) is 26.7 Å². The summed E-state index contributed by atoms with van der Waals surface area (Å²) < 4.78 is 0. The largest absolute Gasteiger partial charge is 0.481 e. The number of hydrogen-bond acceptors (Lipinski definition) is 4. The van der Waals surface area contributed by atoms with Gasteiger partial charge in [0.1, 0.15) is 0 Å². The smallest absolute Gasteiger partial charge is 0.303 e. The Bertz CT molecular complexity index is 223. The lowest BCUT2D eigenvalue weighted by atomic mass is 10.1. The Morgan fingerprint density at radius 1 is 1.62 bits per heavy atom. The maximum absolute atomic E-state index is 10.3. The molecule has 5 nitrogen and oxygen atoms in total. The molecule has 1 aliphatic rings. The van der Waals surface area contributed by atoms with E-state index in [2.05, 4.69) is 17.3 Å². The predicted molar refractivity (Wildman–Crippen MR) is 61.4 cm³/mol. The molecular weight excluding hydrogens is 208 g/mol. The summed E-state index contributed by atoms with van der Waals surface area (Å²) in [7, 11) is 2.09. The number of carboxylic acids is 1. The number of nitrogens with one attached hydrogen (secondary N) is 1. The zero-order valence-corrected chi connectivity index (χ0v) is 9.85. The lowest BCUT2D eigenvalue weighted by molar-refractivity contribution is -0.137. The van der Waals surface area contributed by atoms with Crippen LogP contribution in [0.3, 0.4) is 0 Å². The number of aliphatic hydroxyl groups is 1. The standard InChI is InChI=1S/C11H22N2O3/c1-13-6-2-3-9(8-13)12-7-10(14)4-5-11(15)16/h9-10,12,14H,2-8H2,1H3,(H,15,16). The fourth-order valence-electron chi connectivity index (χ4n) is 2.03. The Morgan fingerprint density at radius 3 is 3.00 bits per heavy atom. The summed E-state index contributed by atoms with van der Waals surface area (Å²) in [5.74, 6) is -0.851. The van der Waals surface area contributed by atoms with Gasteiger partial charge in [0.15, 0.2) is 0 Å². The van der Waals surface area contributed by atoms with Gasteiger partial charge in [0, 0.05) is 25.6 Å². The highest BCUT2D eigenvalue weighted by atomic mass is 16.4. The fourth-order valence-corrected chi connectivity index (χ4v) is 2.03. The van der Waals surface area contributed by atoms with Gasteiger partial charge in [-0.2, -0.15) is 0 Å². The van der Waals surface area contributed by atoms with Crippen LogP contribution in [-0.2, 0) is 4.79 Å². The van der Waals surface area contributed by atoms with Crippen molar-refractivity contribution in [3.05, 3.63) is 0 Å². The molecule has 2 unspecified atom stereocenters. The van der Waals surface area contributed by atoms with E-state index in [-0.39, 0.29) is 6.42 Å². The summed E-state index contributed by atoms with van der Waals surface area (Å²) in [5, 5.41) is 21.3. The van der Waals surface area contributed by atoms with Gasteiger partial charge in [-0.25, -0.2) is 0 Å². The number of aliphatic hydroxyl groups excluding tert-OH is 1. The van der Waals surface area contributed by atoms with Crippen LogP contribution in [0.5, 0.6) is 0 Å². The second kappa shape index (κ2) is 6.83. The summed E-state index contributed by atoms with van der Waals surface area (Å²) in [4.78, 5) is 12.6. The van der Waals surface area contributed by atoms with E-state index >= 15 is 0 Å². The average Bonchev–Trinajstić information content (AvgIpc) is 2.23. The van der Waals surface area contributed by atoms with E-state index in [4.69, 9.17) is 5.11 Å². The molecule has 0 saturated carbocycles. The van der Waals surface area contributed by atoms with Crippen molar-refractivity contribution >= 4 is 5.97 Å². The summed E-state index contributed by atoms with van der Waals surface area (Å²) in [5.41, 5.74) is 0. The maximum Gasteiger partial charge on any atom is 0.303 e. The van der Waals surface area contributed by atoms with Crippen LogP contribution in [0.4, 0.5) is 0 Å². The number of nitrogens with zero attached hydrogens (tertiary/aromatic N) is 1. The summed E-state index contributed by atoms with van der Waals surface area (Å²) >= 11 is 0. The quantitative estimate of drug-likeness (QED) is 0.594. The summed E-state index contributed by atoms with van der Waals surface area (Å²) in [6.07, 6.45) is 2.12. The first-order valence-electron chi connectivity index (χ1n) is 5.89. The molecule has 16 heavy (non-hydrogen) atoms. The monoisotopic (exact) mass is 230 g/mol. The molecule has 0 aromatic heterocycles. The Morgan fingerprint density at radius 2 is 2.38 bits per heavy atom. The van der Waals surface area contributed by atoms with Crippen molar-refractivity contribution < 1.29 is 15.0 Å². The molecule has 1 rings (SSSR count). The SMILES string of the molecule is CN1CCCC(NCC(O)CCC(=O)O)C1. The van der Waals surface area contributed by atoms with E-state index in [1.165, 1.54) is 6.42 Å². The highest BCUT2D eigenvalue weighted by Crippen LogP contribution is 2.08. The molecule has 1 aliphatic heterocycles. The molecule has 0 amide bonds. The van der Waals surface area contributed by atoms with Gasteiger partial charge in [-0.1, -0.05) is 0 Å². The topological polar surface area (TPSA) is 72.8 Å². The zero-order valence-electron chi connectivity index (χ0n) is 9.85. The van der Waals surface area contributed by atoms with E-state index < -0.39 is 12.1 Å². The van der Waals surface area contributed by atoms with Gasteiger partial charge in [0.25, 0.3) is 0 Å². The van der Waals surface area contributed by atoms with Gasteiger partial charge in [-0.3, -0.25) is 4.79 Å². The summed E-state index contributed by atoms with van der Waals surface area (Å²) in [6.45, 7) is 2.64. The van der Waals surface area contributed by atoms with Crippen molar-refractivity contribution in [1.82, 2.24) is 10.2 Å². The molecule has 0 radical (unpaired) electrons. The Hall–Kier alpha value is -0.650. The minimum absolute atomic E-state index is 0.0351. The third-order valence-corrected chi connectivity index (χ3v) is 2.96. The van der Waals surface area contributed by atoms with Crippen LogP contribution < -0.4 is 5.32 Å². The van der Waals surface area contributed by atoms with Crippen LogP contribution in [0.25, 0.3) is 0 Å². The molecule has 94 valence electrons. The first kappa shape index (κ1) is 13.4. The minimum Gasteiger partial charge on any atom is -0.481 e. The Balaban J connectivity index is 2.10. The normalized spacial score (nSPS) is 24.2. The average molecular weight is 230 g/mol. The van der Waals surface area contributed by atoms with E-state index in [1.54, 1.807) is 0 Å². The first-order valence-corrected chi connectivity index (χ1v) is 5.89. The van der Waals surface area contributed by atoms with Gasteiger partial charge < -0.3 is 20.4 Å². The van der Waals surface area contributed by atoms with Crippen LogP contribution in [0.2, 0.25) is 0 Å². The van der Waals surface area contributed by atoms with E-state index in [1.807, 2.05) is 0 Å². The third-order valence-electron chi connectivity index (χ3n) is 2.96. The summed E-state index contributed by atoms with van der Waals surface area (Å²) in [6, 6.07) is 0.429. The number of likely N-dealkylation sites (tertiary alicyclic amines) is 1. The molecule has 1 fully saturated rings. The van der Waals surface area contributed by atoms with Crippen molar-refractivity contribution in [3.63, 3.8) is 0 Å². The van der Waals surface area contributed by atoms with Crippen LogP contribution in [0.15, 0.2) is 0 Å². The predicted octanol–water partition coefficient (Wildman–Crippen LogP) is -0.104. The molecule has 0 spiro atoms. The molecule has 0 aliphatic carbocycles. The van der Waals surface area contributed by atoms with Crippen molar-refractivity contribution in [3.8, 4) is 0 Å². The van der Waals surface area contributed by atoms with Gasteiger partial charge >= 0.3 is 5.97 Å². The van der Waals surface area contributed by atoms with Crippen molar-refractivity contribution in [2.24, 2.45) is 0 Å². The molecule has 1 heterocycles. The van der Waals surface area contributed by atoms with Crippen molar-refractivity contribution in [1.29, 1.82) is 0 Å². The van der Waals surface area contributed by atoms with Gasteiger partial charge in [-0.05, 0) is 32.9 Å². The molecule has 0 bridgehead atoms. The fraction of sp³-hybridized carbons (Fsp3) is 0.909. The molecule has 0 aromatic carbocycles.